The molecule has 0 bridgehead atoms. The molecule has 0 aliphatic rings. The Balaban J connectivity index is 1.83. The lowest BCUT2D eigenvalue weighted by Gasteiger charge is -2.12. The number of anilines is 2. The van der Waals surface area contributed by atoms with Gasteiger partial charge in [0.1, 0.15) is 5.75 Å². The Morgan fingerprint density at radius 3 is 2.50 bits per heavy atom. The number of benzene rings is 2. The first-order chi connectivity index (χ1) is 11.5. The number of amides is 1. The van der Waals surface area contributed by atoms with Gasteiger partial charge in [-0.05, 0) is 62.2 Å². The van der Waals surface area contributed by atoms with E-state index in [9.17, 15) is 4.79 Å². The van der Waals surface area contributed by atoms with Crippen molar-refractivity contribution in [1.82, 2.24) is 0 Å². The van der Waals surface area contributed by atoms with E-state index in [0.29, 0.717) is 24.6 Å². The molecule has 0 saturated heterocycles. The lowest BCUT2D eigenvalue weighted by Crippen LogP contribution is -2.16. The van der Waals surface area contributed by atoms with Crippen molar-refractivity contribution < 1.29 is 9.53 Å². The van der Waals surface area contributed by atoms with Crippen LogP contribution < -0.4 is 15.4 Å². The van der Waals surface area contributed by atoms with Crippen LogP contribution in [0.25, 0.3) is 0 Å². The molecule has 0 saturated carbocycles. The molecule has 1 amide bonds. The Bertz CT molecular complexity index is 676. The predicted molar refractivity (Wildman–Crippen MR) is 100 cm³/mol. The summed E-state index contributed by atoms with van der Waals surface area (Å²) in [5, 5.41) is 6.79. The van der Waals surface area contributed by atoms with Crippen LogP contribution in [-0.4, -0.2) is 19.1 Å². The molecule has 0 fully saturated rings. The van der Waals surface area contributed by atoms with Crippen LogP contribution >= 0.6 is 11.6 Å². The van der Waals surface area contributed by atoms with Gasteiger partial charge in [0.25, 0.3) is 0 Å². The summed E-state index contributed by atoms with van der Waals surface area (Å²) in [6, 6.07) is 11.3. The summed E-state index contributed by atoms with van der Waals surface area (Å²) in [5.74, 6) is 0.745. The van der Waals surface area contributed by atoms with E-state index in [1.165, 1.54) is 0 Å². The highest BCUT2D eigenvalue weighted by Gasteiger charge is 2.07. The van der Waals surface area contributed by atoms with Crippen molar-refractivity contribution in [2.24, 2.45) is 0 Å². The van der Waals surface area contributed by atoms with Crippen LogP contribution in [0.15, 0.2) is 36.4 Å². The van der Waals surface area contributed by atoms with Gasteiger partial charge >= 0.3 is 0 Å². The molecule has 24 heavy (non-hydrogen) atoms. The summed E-state index contributed by atoms with van der Waals surface area (Å²) in [5.41, 5.74) is 3.84. The van der Waals surface area contributed by atoms with Crippen molar-refractivity contribution in [3.05, 3.63) is 52.5 Å². The highest BCUT2D eigenvalue weighted by atomic mass is 35.5. The quantitative estimate of drug-likeness (QED) is 0.757. The second-order valence-corrected chi connectivity index (χ2v) is 6.03. The highest BCUT2D eigenvalue weighted by Crippen LogP contribution is 2.27. The SMILES string of the molecule is CCOc1ccc(NC(=O)CCNc2c(C)cc(C)cc2Cl)cc1. The number of ether oxygens (including phenoxy) is 1. The third kappa shape index (κ3) is 5.17. The van der Waals surface area contributed by atoms with Crippen molar-refractivity contribution in [2.75, 3.05) is 23.8 Å². The van der Waals surface area contributed by atoms with E-state index in [1.807, 2.05) is 51.1 Å². The molecule has 2 rings (SSSR count). The number of aryl methyl sites for hydroxylation is 2. The van der Waals surface area contributed by atoms with Gasteiger partial charge in [-0.25, -0.2) is 0 Å². The summed E-state index contributed by atoms with van der Waals surface area (Å²) in [6.07, 6.45) is 0.358. The van der Waals surface area contributed by atoms with Crippen LogP contribution in [0.3, 0.4) is 0 Å². The molecule has 0 heterocycles. The molecule has 0 aliphatic heterocycles. The number of hydrogen-bond acceptors (Lipinski definition) is 3. The van der Waals surface area contributed by atoms with Gasteiger partial charge in [0.2, 0.25) is 5.91 Å². The van der Waals surface area contributed by atoms with Gasteiger partial charge in [0.05, 0.1) is 17.3 Å². The van der Waals surface area contributed by atoms with Crippen LogP contribution in [0.4, 0.5) is 11.4 Å². The second-order valence-electron chi connectivity index (χ2n) is 5.62. The minimum atomic E-state index is -0.0486. The number of halogens is 1. The van der Waals surface area contributed by atoms with Crippen molar-refractivity contribution in [3.63, 3.8) is 0 Å². The predicted octanol–water partition coefficient (Wildman–Crippen LogP) is 4.80. The average Bonchev–Trinajstić information content (AvgIpc) is 2.52. The standard InChI is InChI=1S/C19H23ClN2O2/c1-4-24-16-7-5-15(6-8-16)22-18(23)9-10-21-19-14(3)11-13(2)12-17(19)20/h5-8,11-12,21H,4,9-10H2,1-3H3,(H,22,23). The van der Waals surface area contributed by atoms with E-state index >= 15 is 0 Å². The third-order valence-corrected chi connectivity index (χ3v) is 3.83. The minimum absolute atomic E-state index is 0.0486. The molecule has 128 valence electrons. The summed E-state index contributed by atoms with van der Waals surface area (Å²) in [4.78, 5) is 12.0. The average molecular weight is 347 g/mol. The Hall–Kier alpha value is -2.20. The molecular formula is C19H23ClN2O2. The van der Waals surface area contributed by atoms with E-state index in [1.54, 1.807) is 0 Å². The molecule has 0 radical (unpaired) electrons. The minimum Gasteiger partial charge on any atom is -0.494 e. The Morgan fingerprint density at radius 1 is 1.17 bits per heavy atom. The van der Waals surface area contributed by atoms with E-state index in [-0.39, 0.29) is 5.91 Å². The first-order valence-corrected chi connectivity index (χ1v) is 8.40. The normalized spacial score (nSPS) is 10.3. The zero-order chi connectivity index (χ0) is 17.5. The van der Waals surface area contributed by atoms with Gasteiger partial charge in [0.15, 0.2) is 0 Å². The van der Waals surface area contributed by atoms with Crippen LogP contribution in [0.2, 0.25) is 5.02 Å². The molecule has 0 aromatic heterocycles. The van der Waals surface area contributed by atoms with Gasteiger partial charge in [-0.1, -0.05) is 17.7 Å². The van der Waals surface area contributed by atoms with Crippen LogP contribution in [0.1, 0.15) is 24.5 Å². The number of rotatable bonds is 7. The smallest absolute Gasteiger partial charge is 0.226 e. The molecule has 0 aliphatic carbocycles. The van der Waals surface area contributed by atoms with Crippen molar-refractivity contribution in [3.8, 4) is 5.75 Å². The van der Waals surface area contributed by atoms with Gasteiger partial charge < -0.3 is 15.4 Å². The molecule has 0 spiro atoms. The molecule has 0 unspecified atom stereocenters. The Labute approximate surface area is 148 Å². The lowest BCUT2D eigenvalue weighted by molar-refractivity contribution is -0.115. The van der Waals surface area contributed by atoms with Crippen molar-refractivity contribution in [2.45, 2.75) is 27.2 Å². The van der Waals surface area contributed by atoms with Gasteiger partial charge in [-0.2, -0.15) is 0 Å². The first-order valence-electron chi connectivity index (χ1n) is 8.03. The first kappa shape index (κ1) is 18.1. The third-order valence-electron chi connectivity index (χ3n) is 3.53. The van der Waals surface area contributed by atoms with Crippen LogP contribution in [0.5, 0.6) is 5.75 Å². The maximum absolute atomic E-state index is 12.0. The van der Waals surface area contributed by atoms with Gasteiger partial charge in [0, 0.05) is 18.7 Å². The molecule has 5 heteroatoms. The number of carbonyl (C=O) groups is 1. The lowest BCUT2D eigenvalue weighted by atomic mass is 10.1. The topological polar surface area (TPSA) is 50.4 Å². The summed E-state index contributed by atoms with van der Waals surface area (Å²) in [7, 11) is 0. The summed E-state index contributed by atoms with van der Waals surface area (Å²) < 4.78 is 5.38. The molecule has 2 N–H and O–H groups in total. The monoisotopic (exact) mass is 346 g/mol. The number of carbonyl (C=O) groups excluding carboxylic acids is 1. The van der Waals surface area contributed by atoms with Crippen LogP contribution in [0, 0.1) is 13.8 Å². The Morgan fingerprint density at radius 2 is 1.88 bits per heavy atom. The number of hydrogen-bond donors (Lipinski definition) is 2. The zero-order valence-corrected chi connectivity index (χ0v) is 15.0. The Kier molecular flexibility index (Phi) is 6.50. The fourth-order valence-corrected chi connectivity index (χ4v) is 2.85. The zero-order valence-electron chi connectivity index (χ0n) is 14.3. The van der Waals surface area contributed by atoms with Crippen LogP contribution in [-0.2, 0) is 4.79 Å². The fraction of sp³-hybridized carbons (Fsp3) is 0.316. The summed E-state index contributed by atoms with van der Waals surface area (Å²) in [6.45, 7) is 7.09. The van der Waals surface area contributed by atoms with E-state index in [2.05, 4.69) is 16.7 Å². The highest BCUT2D eigenvalue weighted by molar-refractivity contribution is 6.33. The van der Waals surface area contributed by atoms with E-state index in [4.69, 9.17) is 16.3 Å². The maximum Gasteiger partial charge on any atom is 0.226 e. The molecular weight excluding hydrogens is 324 g/mol. The largest absolute Gasteiger partial charge is 0.494 e. The van der Waals surface area contributed by atoms with E-state index in [0.717, 1.165) is 28.3 Å². The van der Waals surface area contributed by atoms with Crippen molar-refractivity contribution >= 4 is 28.9 Å². The van der Waals surface area contributed by atoms with Crippen molar-refractivity contribution in [1.29, 1.82) is 0 Å². The van der Waals surface area contributed by atoms with E-state index < -0.39 is 0 Å². The molecule has 4 nitrogen and oxygen atoms in total. The molecule has 0 atom stereocenters. The van der Waals surface area contributed by atoms with Gasteiger partial charge in [-0.15, -0.1) is 0 Å². The summed E-state index contributed by atoms with van der Waals surface area (Å²) >= 11 is 6.25. The molecule has 2 aromatic rings. The maximum atomic E-state index is 12.0. The molecule has 2 aromatic carbocycles. The van der Waals surface area contributed by atoms with Gasteiger partial charge in [-0.3, -0.25) is 4.79 Å². The number of nitrogens with one attached hydrogen (secondary N) is 2. The second kappa shape index (κ2) is 8.60. The fourth-order valence-electron chi connectivity index (χ4n) is 2.47.